The number of carbonyl (C=O) groups excluding carboxylic acids is 1. The third-order valence-electron chi connectivity index (χ3n) is 9.39. The van der Waals surface area contributed by atoms with Crippen LogP contribution in [0.5, 0.6) is 0 Å². The Morgan fingerprint density at radius 1 is 1.04 bits per heavy atom. The standard InChI is InChI=1S/C37H39N5O3/c1-6-45-37(44)35-27-17-25(18-28(27)35)30-15-16-32(22(4)38-30)42-23(5)34(21(2)3)36(40-42)26-13-10-14-31-29(26)19-41(39-31)20-33(43)24-11-8-7-9-12-24/h7-17,19,21,27-28,33,35,43H,6,18,20H2,1-5H3/t27?,28?,33-,35?/m0/s1. The molecule has 5 aromatic rings. The van der Waals surface area contributed by atoms with Gasteiger partial charge in [0.15, 0.2) is 0 Å². The predicted molar refractivity (Wildman–Crippen MR) is 175 cm³/mol. The van der Waals surface area contributed by atoms with Crippen LogP contribution in [0.4, 0.5) is 0 Å². The number of aryl methyl sites for hydroxylation is 1. The number of nitrogens with zero attached hydrogens (tertiary/aromatic N) is 5. The van der Waals surface area contributed by atoms with Gasteiger partial charge >= 0.3 is 5.97 Å². The van der Waals surface area contributed by atoms with E-state index in [9.17, 15) is 9.90 Å². The Hall–Kier alpha value is -4.56. The summed E-state index contributed by atoms with van der Waals surface area (Å²) in [6.07, 6.45) is 4.45. The van der Waals surface area contributed by atoms with Gasteiger partial charge in [-0.15, -0.1) is 0 Å². The maximum Gasteiger partial charge on any atom is 0.309 e. The summed E-state index contributed by atoms with van der Waals surface area (Å²) in [4.78, 5) is 17.2. The Morgan fingerprint density at radius 2 is 1.84 bits per heavy atom. The third-order valence-corrected chi connectivity index (χ3v) is 9.39. The zero-order valence-corrected chi connectivity index (χ0v) is 26.4. The number of rotatable bonds is 9. The smallest absolute Gasteiger partial charge is 0.309 e. The van der Waals surface area contributed by atoms with Crippen LogP contribution in [-0.4, -0.2) is 42.2 Å². The molecule has 2 aromatic carbocycles. The highest BCUT2D eigenvalue weighted by molar-refractivity contribution is 5.94. The van der Waals surface area contributed by atoms with E-state index in [4.69, 9.17) is 19.9 Å². The van der Waals surface area contributed by atoms with Crippen LogP contribution >= 0.6 is 0 Å². The summed E-state index contributed by atoms with van der Waals surface area (Å²) in [5.74, 6) is 0.812. The molecule has 8 nitrogen and oxygen atoms in total. The highest BCUT2D eigenvalue weighted by atomic mass is 16.5. The molecule has 0 aliphatic heterocycles. The van der Waals surface area contributed by atoms with Gasteiger partial charge in [0.25, 0.3) is 0 Å². The number of hydrogen-bond acceptors (Lipinski definition) is 6. The van der Waals surface area contributed by atoms with Gasteiger partial charge < -0.3 is 9.84 Å². The van der Waals surface area contributed by atoms with Gasteiger partial charge in [-0.3, -0.25) is 14.5 Å². The molecule has 3 aromatic heterocycles. The minimum atomic E-state index is -0.653. The van der Waals surface area contributed by atoms with Gasteiger partial charge in [-0.1, -0.05) is 62.4 Å². The van der Waals surface area contributed by atoms with E-state index < -0.39 is 6.10 Å². The van der Waals surface area contributed by atoms with Crippen molar-refractivity contribution in [3.8, 4) is 16.9 Å². The minimum Gasteiger partial charge on any atom is -0.466 e. The fraction of sp³-hybridized carbons (Fsp3) is 0.351. The highest BCUT2D eigenvalue weighted by Gasteiger charge is 2.57. The number of pyridine rings is 1. The molecule has 2 aliphatic rings. The summed E-state index contributed by atoms with van der Waals surface area (Å²) >= 11 is 0. The van der Waals surface area contributed by atoms with E-state index in [2.05, 4.69) is 45.0 Å². The van der Waals surface area contributed by atoms with Crippen molar-refractivity contribution in [2.75, 3.05) is 6.61 Å². The summed E-state index contributed by atoms with van der Waals surface area (Å²) in [6, 6.07) is 20.0. The van der Waals surface area contributed by atoms with Gasteiger partial charge in [-0.05, 0) is 74.3 Å². The fourth-order valence-electron chi connectivity index (χ4n) is 7.15. The molecule has 4 atom stereocenters. The Morgan fingerprint density at radius 3 is 2.53 bits per heavy atom. The predicted octanol–water partition coefficient (Wildman–Crippen LogP) is 6.97. The van der Waals surface area contributed by atoms with Crippen molar-refractivity contribution < 1.29 is 14.6 Å². The Bertz CT molecular complexity index is 1940. The summed E-state index contributed by atoms with van der Waals surface area (Å²) in [7, 11) is 0. The van der Waals surface area contributed by atoms with Gasteiger partial charge in [0, 0.05) is 28.4 Å². The molecule has 0 amide bonds. The van der Waals surface area contributed by atoms with Crippen molar-refractivity contribution in [3.63, 3.8) is 0 Å². The van der Waals surface area contributed by atoms with E-state index in [0.717, 1.165) is 56.9 Å². The average Bonchev–Trinajstić information content (AvgIpc) is 3.34. The van der Waals surface area contributed by atoms with E-state index in [0.29, 0.717) is 19.1 Å². The summed E-state index contributed by atoms with van der Waals surface area (Å²) in [5.41, 5.74) is 9.99. The van der Waals surface area contributed by atoms with Crippen molar-refractivity contribution in [3.05, 3.63) is 101 Å². The molecule has 3 heterocycles. The molecule has 230 valence electrons. The summed E-state index contributed by atoms with van der Waals surface area (Å²) in [5, 5.41) is 21.9. The zero-order valence-electron chi connectivity index (χ0n) is 26.4. The quantitative estimate of drug-likeness (QED) is 0.183. The second-order valence-corrected chi connectivity index (χ2v) is 12.6. The molecule has 8 heteroatoms. The number of esters is 1. The van der Waals surface area contributed by atoms with Crippen molar-refractivity contribution in [2.24, 2.45) is 17.8 Å². The van der Waals surface area contributed by atoms with Gasteiger partial charge in [0.05, 0.1) is 53.5 Å². The summed E-state index contributed by atoms with van der Waals surface area (Å²) < 4.78 is 9.10. The highest BCUT2D eigenvalue weighted by Crippen LogP contribution is 2.58. The van der Waals surface area contributed by atoms with Crippen molar-refractivity contribution in [1.82, 2.24) is 24.5 Å². The number of aliphatic hydroxyl groups excluding tert-OH is 1. The van der Waals surface area contributed by atoms with Gasteiger partial charge in [-0.25, -0.2) is 4.68 Å². The van der Waals surface area contributed by atoms with E-state index in [-0.39, 0.29) is 23.7 Å². The molecule has 0 spiro atoms. The van der Waals surface area contributed by atoms with Crippen LogP contribution < -0.4 is 0 Å². The number of ether oxygens (including phenoxy) is 1. The van der Waals surface area contributed by atoms with Crippen LogP contribution in [0.3, 0.4) is 0 Å². The van der Waals surface area contributed by atoms with Crippen molar-refractivity contribution >= 4 is 22.4 Å². The third kappa shape index (κ3) is 5.17. The first-order chi connectivity index (χ1) is 21.7. The first-order valence-electron chi connectivity index (χ1n) is 15.9. The Labute approximate surface area is 263 Å². The first kappa shape index (κ1) is 29.2. The number of carbonyl (C=O) groups is 1. The van der Waals surface area contributed by atoms with Gasteiger partial charge in [-0.2, -0.15) is 10.2 Å². The molecule has 3 unspecified atom stereocenters. The van der Waals surface area contributed by atoms with Gasteiger partial charge in [0.2, 0.25) is 0 Å². The van der Waals surface area contributed by atoms with E-state index in [1.54, 1.807) is 0 Å². The lowest BCUT2D eigenvalue weighted by Crippen LogP contribution is -2.10. The number of allylic oxidation sites excluding steroid dienone is 2. The molecule has 7 rings (SSSR count). The lowest BCUT2D eigenvalue weighted by Gasteiger charge is -2.12. The van der Waals surface area contributed by atoms with Crippen LogP contribution in [0.2, 0.25) is 0 Å². The van der Waals surface area contributed by atoms with Crippen molar-refractivity contribution in [2.45, 2.75) is 59.6 Å². The van der Waals surface area contributed by atoms with Crippen LogP contribution in [0.15, 0.2) is 72.9 Å². The molecule has 0 saturated heterocycles. The molecule has 1 saturated carbocycles. The summed E-state index contributed by atoms with van der Waals surface area (Å²) in [6.45, 7) is 11.2. The monoisotopic (exact) mass is 601 g/mol. The number of benzene rings is 2. The van der Waals surface area contributed by atoms with Crippen LogP contribution in [0, 0.1) is 31.6 Å². The molecule has 45 heavy (non-hydrogen) atoms. The SMILES string of the molecule is CCOC(=O)C1C2C=C(c3ccc(-n4nc(-c5cccc6nn(C[C@H](O)c7ccccc7)cc56)c(C(C)C)c4C)c(C)n3)CC21. The van der Waals surface area contributed by atoms with Crippen molar-refractivity contribution in [1.29, 1.82) is 0 Å². The topological polar surface area (TPSA) is 95.1 Å². The maximum absolute atomic E-state index is 12.2. The number of hydrogen-bond donors (Lipinski definition) is 1. The molecular formula is C37H39N5O3. The van der Waals surface area contributed by atoms with E-state index >= 15 is 0 Å². The zero-order chi connectivity index (χ0) is 31.4. The second-order valence-electron chi connectivity index (χ2n) is 12.6. The number of aromatic nitrogens is 5. The average molecular weight is 602 g/mol. The normalized spacial score (nSPS) is 19.5. The Kier molecular flexibility index (Phi) is 7.40. The first-order valence-corrected chi connectivity index (χ1v) is 15.9. The van der Waals surface area contributed by atoms with Crippen LogP contribution in [0.1, 0.15) is 67.4 Å². The number of aliphatic hydroxyl groups is 1. The van der Waals surface area contributed by atoms with Crippen LogP contribution in [-0.2, 0) is 16.1 Å². The lowest BCUT2D eigenvalue weighted by atomic mass is 9.95. The lowest BCUT2D eigenvalue weighted by molar-refractivity contribution is -0.145. The molecule has 0 bridgehead atoms. The van der Waals surface area contributed by atoms with E-state index in [1.807, 2.05) is 71.9 Å². The molecule has 2 aliphatic carbocycles. The van der Waals surface area contributed by atoms with Gasteiger partial charge in [0.1, 0.15) is 0 Å². The second kappa shape index (κ2) is 11.4. The minimum absolute atomic E-state index is 0.0131. The maximum atomic E-state index is 12.2. The molecular weight excluding hydrogens is 562 g/mol. The fourth-order valence-corrected chi connectivity index (χ4v) is 7.15. The largest absolute Gasteiger partial charge is 0.466 e. The van der Waals surface area contributed by atoms with Crippen LogP contribution in [0.25, 0.3) is 33.4 Å². The number of fused-ring (bicyclic) bond motifs is 2. The Balaban J connectivity index is 1.20. The van der Waals surface area contributed by atoms with E-state index in [1.165, 1.54) is 11.1 Å². The molecule has 0 radical (unpaired) electrons. The molecule has 1 N–H and O–H groups in total. The molecule has 1 fully saturated rings.